The molecule has 3 heterocycles. The minimum atomic E-state index is -4.96. The zero-order valence-corrected chi connectivity index (χ0v) is 17.3. The number of hydrogen-bond acceptors (Lipinski definition) is 5. The van der Waals surface area contributed by atoms with Gasteiger partial charge < -0.3 is 19.8 Å². The lowest BCUT2D eigenvalue weighted by atomic mass is 9.68. The number of aliphatic hydroxyl groups is 1. The molecule has 1 saturated heterocycles. The van der Waals surface area contributed by atoms with Crippen molar-refractivity contribution >= 4 is 17.4 Å². The second kappa shape index (κ2) is 7.05. The van der Waals surface area contributed by atoms with Crippen LogP contribution < -0.4 is 9.42 Å². The average Bonchev–Trinajstić information content (AvgIpc) is 3.28. The number of amides is 1. The molecule has 1 fully saturated rings. The Morgan fingerprint density at radius 3 is 2.59 bits per heavy atom. The van der Waals surface area contributed by atoms with Gasteiger partial charge in [-0.25, -0.2) is 4.79 Å². The van der Waals surface area contributed by atoms with Gasteiger partial charge in [-0.05, 0) is 43.5 Å². The Kier molecular flexibility index (Phi) is 4.81. The molecule has 3 atom stereocenters. The quantitative estimate of drug-likeness (QED) is 0.523. The first-order valence-corrected chi connectivity index (χ1v) is 9.64. The molecule has 2 N–H and O–H groups in total. The second-order valence-electron chi connectivity index (χ2n) is 8.06. The number of aliphatic carboxylic acids is 1. The Morgan fingerprint density at radius 1 is 1.38 bits per heavy atom. The fraction of sp³-hybridized carbons (Fsp3) is 0.400. The summed E-state index contributed by atoms with van der Waals surface area (Å²) in [7, 11) is 1.63. The molecular formula is C20H20F3N4O5+. The first kappa shape index (κ1) is 21.8. The summed E-state index contributed by atoms with van der Waals surface area (Å²) in [5.41, 5.74) is -0.989. The summed E-state index contributed by atoms with van der Waals surface area (Å²) >= 11 is 0. The molecule has 0 unspecified atom stereocenters. The predicted molar refractivity (Wildman–Crippen MR) is 101 cm³/mol. The minimum absolute atomic E-state index is 0.0522. The van der Waals surface area contributed by atoms with Gasteiger partial charge in [0.05, 0.1) is 22.8 Å². The third kappa shape index (κ3) is 3.30. The number of hydrogen-bond donors (Lipinski definition) is 2. The van der Waals surface area contributed by atoms with Gasteiger partial charge in [0, 0.05) is 6.07 Å². The molecule has 0 spiro atoms. The van der Waals surface area contributed by atoms with Crippen molar-refractivity contribution in [3.8, 4) is 11.4 Å². The Balaban J connectivity index is 1.86. The second-order valence-corrected chi connectivity index (χ2v) is 8.06. The van der Waals surface area contributed by atoms with Crippen molar-refractivity contribution in [2.24, 2.45) is 12.5 Å². The predicted octanol–water partition coefficient (Wildman–Crippen LogP) is 1.39. The molecule has 12 heteroatoms. The van der Waals surface area contributed by atoms with E-state index in [1.165, 1.54) is 28.6 Å². The highest BCUT2D eigenvalue weighted by molar-refractivity contribution is 6.07. The van der Waals surface area contributed by atoms with E-state index in [2.05, 4.69) is 9.95 Å². The van der Waals surface area contributed by atoms with Gasteiger partial charge in [-0.2, -0.15) is 0 Å². The number of aliphatic hydroxyl groups excluding tert-OH is 1. The number of carboxylic acid groups (broad SMARTS) is 1. The molecular weight excluding hydrogens is 433 g/mol. The average molecular weight is 453 g/mol. The SMILES string of the molecule is C[C@@H](O)[C@@]1(C)C(=O)N2C(C(=O)O)=C(c3cc(OC(F)(F)F)cc(-n4cc[n+](C)n4)c3)C[C@@H]21. The monoisotopic (exact) mass is 453 g/mol. The fourth-order valence-corrected chi connectivity index (χ4v) is 4.28. The van der Waals surface area contributed by atoms with Gasteiger partial charge in [-0.1, -0.05) is 0 Å². The molecule has 0 radical (unpaired) electrons. The molecule has 0 bridgehead atoms. The zero-order chi connectivity index (χ0) is 23.6. The summed E-state index contributed by atoms with van der Waals surface area (Å²) in [5, 5.41) is 24.0. The van der Waals surface area contributed by atoms with E-state index in [-0.39, 0.29) is 28.9 Å². The number of ether oxygens (including phenoxy) is 1. The number of carboxylic acids is 1. The molecule has 0 aliphatic carbocycles. The van der Waals surface area contributed by atoms with Crippen LogP contribution in [0.1, 0.15) is 25.8 Å². The van der Waals surface area contributed by atoms with Crippen LogP contribution in [0.3, 0.4) is 0 Å². The van der Waals surface area contributed by atoms with E-state index in [0.717, 1.165) is 17.0 Å². The van der Waals surface area contributed by atoms with Crippen LogP contribution >= 0.6 is 0 Å². The minimum Gasteiger partial charge on any atom is -0.477 e. The van der Waals surface area contributed by atoms with Crippen LogP contribution in [0, 0.1) is 5.41 Å². The number of aryl methyl sites for hydroxylation is 1. The Hall–Kier alpha value is -3.41. The number of nitrogens with zero attached hydrogens (tertiary/aromatic N) is 4. The number of fused-ring (bicyclic) bond motifs is 1. The van der Waals surface area contributed by atoms with Crippen LogP contribution in [0.15, 0.2) is 36.3 Å². The maximum Gasteiger partial charge on any atom is 0.573 e. The third-order valence-corrected chi connectivity index (χ3v) is 6.08. The topological polar surface area (TPSA) is 109 Å². The summed E-state index contributed by atoms with van der Waals surface area (Å²) in [6, 6.07) is 3.05. The third-order valence-electron chi connectivity index (χ3n) is 6.08. The number of rotatable bonds is 5. The molecule has 9 nitrogen and oxygen atoms in total. The first-order chi connectivity index (χ1) is 14.8. The number of alkyl halides is 3. The number of carbonyl (C=O) groups is 2. The summed E-state index contributed by atoms with van der Waals surface area (Å²) < 4.78 is 45.6. The molecule has 2 aliphatic heterocycles. The van der Waals surface area contributed by atoms with Crippen molar-refractivity contribution in [2.75, 3.05) is 0 Å². The number of benzene rings is 1. The molecule has 2 aliphatic rings. The largest absolute Gasteiger partial charge is 0.573 e. The molecule has 170 valence electrons. The Morgan fingerprint density at radius 2 is 2.06 bits per heavy atom. The van der Waals surface area contributed by atoms with Crippen molar-refractivity contribution < 1.29 is 42.4 Å². The number of aromatic nitrogens is 3. The van der Waals surface area contributed by atoms with E-state index in [0.29, 0.717) is 0 Å². The summed E-state index contributed by atoms with van der Waals surface area (Å²) in [5.74, 6) is -2.50. The van der Waals surface area contributed by atoms with Gasteiger partial charge in [0.15, 0.2) is 18.1 Å². The van der Waals surface area contributed by atoms with E-state index >= 15 is 0 Å². The van der Waals surface area contributed by atoms with Crippen LogP contribution in [-0.2, 0) is 16.6 Å². The standard InChI is InChI=1S/C20H19F3N4O5/c1-10(28)19(2)15-9-14(16(17(29)30)27(15)18(19)31)11-6-12(26-5-4-25(3)24-26)8-13(7-11)32-20(21,22)23/h4-8,10,15,28H,9H2,1-3H3/p+1/t10-,15-,19-/m1/s1. The summed E-state index contributed by atoms with van der Waals surface area (Å²) in [6.07, 6.45) is -2.86. The van der Waals surface area contributed by atoms with Gasteiger partial charge >= 0.3 is 12.3 Å². The van der Waals surface area contributed by atoms with E-state index in [9.17, 15) is 33.0 Å². The van der Waals surface area contributed by atoms with E-state index in [1.807, 2.05) is 0 Å². The van der Waals surface area contributed by atoms with E-state index in [1.54, 1.807) is 20.2 Å². The first-order valence-electron chi connectivity index (χ1n) is 9.64. The van der Waals surface area contributed by atoms with Crippen molar-refractivity contribution in [3.05, 3.63) is 41.9 Å². The van der Waals surface area contributed by atoms with Crippen molar-refractivity contribution in [1.29, 1.82) is 0 Å². The lowest BCUT2D eigenvalue weighted by Crippen LogP contribution is -2.69. The van der Waals surface area contributed by atoms with Crippen molar-refractivity contribution in [3.63, 3.8) is 0 Å². The highest BCUT2D eigenvalue weighted by atomic mass is 19.4. The molecule has 1 aromatic heterocycles. The highest BCUT2D eigenvalue weighted by Crippen LogP contribution is 2.54. The highest BCUT2D eigenvalue weighted by Gasteiger charge is 2.65. The lowest BCUT2D eigenvalue weighted by molar-refractivity contribution is -0.731. The Bertz CT molecular complexity index is 1160. The van der Waals surface area contributed by atoms with Gasteiger partial charge in [-0.3, -0.25) is 4.79 Å². The molecule has 4 rings (SSSR count). The lowest BCUT2D eigenvalue weighted by Gasteiger charge is -2.53. The van der Waals surface area contributed by atoms with Crippen molar-refractivity contribution in [1.82, 2.24) is 14.8 Å². The van der Waals surface area contributed by atoms with Crippen LogP contribution in [0.4, 0.5) is 13.2 Å². The van der Waals surface area contributed by atoms with Gasteiger partial charge in [0.1, 0.15) is 18.5 Å². The van der Waals surface area contributed by atoms with Crippen LogP contribution in [0.5, 0.6) is 5.75 Å². The van der Waals surface area contributed by atoms with E-state index in [4.69, 9.17) is 0 Å². The van der Waals surface area contributed by atoms with Crippen LogP contribution in [0.25, 0.3) is 11.3 Å². The number of carbonyl (C=O) groups excluding carboxylic acids is 1. The molecule has 1 aromatic carbocycles. The molecule has 1 amide bonds. The maximum absolute atomic E-state index is 12.9. The van der Waals surface area contributed by atoms with Gasteiger partial charge in [0.2, 0.25) is 5.91 Å². The smallest absolute Gasteiger partial charge is 0.477 e. The van der Waals surface area contributed by atoms with Crippen LogP contribution in [-0.4, -0.2) is 55.4 Å². The maximum atomic E-state index is 12.9. The summed E-state index contributed by atoms with van der Waals surface area (Å²) in [4.78, 5) is 25.8. The molecule has 2 aromatic rings. The van der Waals surface area contributed by atoms with Crippen LogP contribution in [0.2, 0.25) is 0 Å². The summed E-state index contributed by atoms with van der Waals surface area (Å²) in [6.45, 7) is 2.99. The zero-order valence-electron chi connectivity index (χ0n) is 17.3. The number of halogens is 3. The molecule has 32 heavy (non-hydrogen) atoms. The van der Waals surface area contributed by atoms with Crippen molar-refractivity contribution in [2.45, 2.75) is 38.8 Å². The van der Waals surface area contributed by atoms with Gasteiger partial charge in [-0.15, -0.1) is 22.5 Å². The normalized spacial score (nSPS) is 23.8. The Labute approximate surface area is 179 Å². The van der Waals surface area contributed by atoms with Gasteiger partial charge in [0.25, 0.3) is 0 Å². The molecule has 0 saturated carbocycles. The fourth-order valence-electron chi connectivity index (χ4n) is 4.28. The van der Waals surface area contributed by atoms with E-state index < -0.39 is 41.5 Å². The number of β-lactam (4-membered cyclic amide) rings is 1.